The van der Waals surface area contributed by atoms with Crippen molar-refractivity contribution in [2.24, 2.45) is 11.7 Å². The fourth-order valence-corrected chi connectivity index (χ4v) is 4.02. The smallest absolute Gasteiger partial charge is 0.233 e. The molecular formula is C18H23N5O2S. The Kier molecular flexibility index (Phi) is 5.92. The molecule has 0 atom stereocenters. The van der Waals surface area contributed by atoms with E-state index in [1.807, 2.05) is 41.8 Å². The van der Waals surface area contributed by atoms with E-state index >= 15 is 0 Å². The van der Waals surface area contributed by atoms with Crippen molar-refractivity contribution >= 4 is 23.6 Å². The number of amides is 2. The molecule has 0 unspecified atom stereocenters. The lowest BCUT2D eigenvalue weighted by Gasteiger charge is -2.30. The minimum absolute atomic E-state index is 0.0600. The van der Waals surface area contributed by atoms with E-state index in [-0.39, 0.29) is 17.7 Å². The van der Waals surface area contributed by atoms with Crippen LogP contribution in [0.3, 0.4) is 0 Å². The van der Waals surface area contributed by atoms with Gasteiger partial charge in [0.15, 0.2) is 11.0 Å². The first-order chi connectivity index (χ1) is 12.6. The number of carbonyl (C=O) groups is 2. The third-order valence-corrected chi connectivity index (χ3v) is 5.59. The number of piperidine rings is 1. The third kappa shape index (κ3) is 4.07. The van der Waals surface area contributed by atoms with Gasteiger partial charge in [0.1, 0.15) is 0 Å². The van der Waals surface area contributed by atoms with Crippen molar-refractivity contribution in [3.05, 3.63) is 30.3 Å². The lowest BCUT2D eigenvalue weighted by Crippen LogP contribution is -2.42. The number of likely N-dealkylation sites (tertiary alicyclic amines) is 1. The van der Waals surface area contributed by atoms with E-state index in [9.17, 15) is 9.59 Å². The number of nitrogens with two attached hydrogens (primary N) is 1. The van der Waals surface area contributed by atoms with E-state index in [0.29, 0.717) is 31.7 Å². The SMILES string of the molecule is CCn1c(SCC(=O)N2CCC(C(N)=O)CC2)nnc1-c1ccccc1. The summed E-state index contributed by atoms with van der Waals surface area (Å²) in [5.74, 6) is 0.809. The Balaban J connectivity index is 1.61. The Labute approximate surface area is 157 Å². The monoisotopic (exact) mass is 373 g/mol. The number of benzene rings is 1. The zero-order valence-corrected chi connectivity index (χ0v) is 15.6. The molecule has 1 saturated heterocycles. The Morgan fingerprint density at radius 2 is 1.88 bits per heavy atom. The molecule has 1 aliphatic heterocycles. The largest absolute Gasteiger partial charge is 0.369 e. The lowest BCUT2D eigenvalue weighted by atomic mass is 9.96. The first kappa shape index (κ1) is 18.4. The van der Waals surface area contributed by atoms with Crippen LogP contribution in [0.1, 0.15) is 19.8 Å². The summed E-state index contributed by atoms with van der Waals surface area (Å²) < 4.78 is 2.02. The van der Waals surface area contributed by atoms with Crippen molar-refractivity contribution in [1.82, 2.24) is 19.7 Å². The number of primary amides is 1. The van der Waals surface area contributed by atoms with Gasteiger partial charge in [-0.05, 0) is 19.8 Å². The number of rotatable bonds is 6. The molecule has 2 amide bonds. The molecule has 2 N–H and O–H groups in total. The van der Waals surface area contributed by atoms with Gasteiger partial charge in [-0.3, -0.25) is 9.59 Å². The van der Waals surface area contributed by atoms with Gasteiger partial charge in [-0.1, -0.05) is 42.1 Å². The highest BCUT2D eigenvalue weighted by Crippen LogP contribution is 2.25. The van der Waals surface area contributed by atoms with Crippen LogP contribution >= 0.6 is 11.8 Å². The summed E-state index contributed by atoms with van der Waals surface area (Å²) in [6.07, 6.45) is 1.30. The third-order valence-electron chi connectivity index (χ3n) is 4.64. The lowest BCUT2D eigenvalue weighted by molar-refractivity contribution is -0.132. The molecule has 1 aromatic carbocycles. The van der Waals surface area contributed by atoms with E-state index in [4.69, 9.17) is 5.73 Å². The molecular weight excluding hydrogens is 350 g/mol. The van der Waals surface area contributed by atoms with E-state index in [1.165, 1.54) is 11.8 Å². The quantitative estimate of drug-likeness (QED) is 0.779. The van der Waals surface area contributed by atoms with Crippen LogP contribution in [0.4, 0.5) is 0 Å². The molecule has 7 nitrogen and oxygen atoms in total. The average Bonchev–Trinajstić information content (AvgIpc) is 3.09. The van der Waals surface area contributed by atoms with Gasteiger partial charge in [0, 0.05) is 31.1 Å². The molecule has 8 heteroatoms. The van der Waals surface area contributed by atoms with Gasteiger partial charge in [0.2, 0.25) is 11.8 Å². The molecule has 0 saturated carbocycles. The zero-order chi connectivity index (χ0) is 18.5. The maximum absolute atomic E-state index is 12.5. The van der Waals surface area contributed by atoms with Crippen LogP contribution in [-0.2, 0) is 16.1 Å². The number of hydrogen-bond donors (Lipinski definition) is 1. The van der Waals surface area contributed by atoms with Gasteiger partial charge >= 0.3 is 0 Å². The fraction of sp³-hybridized carbons (Fsp3) is 0.444. The highest BCUT2D eigenvalue weighted by atomic mass is 32.2. The molecule has 0 aliphatic carbocycles. The minimum Gasteiger partial charge on any atom is -0.369 e. The molecule has 1 fully saturated rings. The topological polar surface area (TPSA) is 94.1 Å². The molecule has 2 heterocycles. The predicted molar refractivity (Wildman–Crippen MR) is 100 cm³/mol. The van der Waals surface area contributed by atoms with Crippen molar-refractivity contribution in [2.75, 3.05) is 18.8 Å². The zero-order valence-electron chi connectivity index (χ0n) is 14.8. The number of nitrogens with zero attached hydrogens (tertiary/aromatic N) is 4. The summed E-state index contributed by atoms with van der Waals surface area (Å²) in [7, 11) is 0. The van der Waals surface area contributed by atoms with Crippen LogP contribution in [0.15, 0.2) is 35.5 Å². The maximum atomic E-state index is 12.5. The van der Waals surface area contributed by atoms with Crippen molar-refractivity contribution < 1.29 is 9.59 Å². The second-order valence-electron chi connectivity index (χ2n) is 6.26. The Morgan fingerprint density at radius 3 is 2.50 bits per heavy atom. The Hall–Kier alpha value is -2.35. The van der Waals surface area contributed by atoms with Gasteiger partial charge in [-0.2, -0.15) is 0 Å². The summed E-state index contributed by atoms with van der Waals surface area (Å²) in [6.45, 7) is 3.94. The van der Waals surface area contributed by atoms with E-state index in [1.54, 1.807) is 4.90 Å². The van der Waals surface area contributed by atoms with Crippen LogP contribution in [0, 0.1) is 5.92 Å². The number of thioether (sulfide) groups is 1. The summed E-state index contributed by atoms with van der Waals surface area (Å²) in [4.78, 5) is 25.5. The molecule has 138 valence electrons. The van der Waals surface area contributed by atoms with E-state index < -0.39 is 0 Å². The van der Waals surface area contributed by atoms with Gasteiger partial charge < -0.3 is 15.2 Å². The molecule has 1 aliphatic rings. The highest BCUT2D eigenvalue weighted by Gasteiger charge is 2.26. The van der Waals surface area contributed by atoms with Crippen molar-refractivity contribution in [2.45, 2.75) is 31.5 Å². The molecule has 0 radical (unpaired) electrons. The Bertz CT molecular complexity index is 769. The van der Waals surface area contributed by atoms with Crippen molar-refractivity contribution in [1.29, 1.82) is 0 Å². The summed E-state index contributed by atoms with van der Waals surface area (Å²) in [6, 6.07) is 9.90. The second-order valence-corrected chi connectivity index (χ2v) is 7.21. The van der Waals surface area contributed by atoms with E-state index in [0.717, 1.165) is 23.1 Å². The fourth-order valence-electron chi connectivity index (χ4n) is 3.11. The van der Waals surface area contributed by atoms with Gasteiger partial charge in [0.25, 0.3) is 0 Å². The summed E-state index contributed by atoms with van der Waals surface area (Å²) in [5, 5.41) is 9.29. The highest BCUT2D eigenvalue weighted by molar-refractivity contribution is 7.99. The van der Waals surface area contributed by atoms with Crippen molar-refractivity contribution in [3.63, 3.8) is 0 Å². The molecule has 3 rings (SSSR count). The van der Waals surface area contributed by atoms with Crippen LogP contribution in [0.2, 0.25) is 0 Å². The second kappa shape index (κ2) is 8.35. The summed E-state index contributed by atoms with van der Waals surface area (Å²) >= 11 is 1.40. The van der Waals surface area contributed by atoms with Gasteiger partial charge in [-0.15, -0.1) is 10.2 Å². The minimum atomic E-state index is -0.268. The molecule has 2 aromatic rings. The van der Waals surface area contributed by atoms with E-state index in [2.05, 4.69) is 10.2 Å². The number of carbonyl (C=O) groups excluding carboxylic acids is 2. The van der Waals surface area contributed by atoms with Crippen LogP contribution in [0.25, 0.3) is 11.4 Å². The molecule has 26 heavy (non-hydrogen) atoms. The normalized spacial score (nSPS) is 15.2. The number of hydrogen-bond acceptors (Lipinski definition) is 5. The average molecular weight is 373 g/mol. The van der Waals surface area contributed by atoms with Gasteiger partial charge in [0.05, 0.1) is 5.75 Å². The standard InChI is InChI=1S/C18H23N5O2S/c1-2-23-17(14-6-4-3-5-7-14)20-21-18(23)26-12-15(24)22-10-8-13(9-11-22)16(19)25/h3-7,13H,2,8-12H2,1H3,(H2,19,25). The molecule has 1 aromatic heterocycles. The molecule has 0 bridgehead atoms. The van der Waals surface area contributed by atoms with Crippen LogP contribution in [0.5, 0.6) is 0 Å². The van der Waals surface area contributed by atoms with Gasteiger partial charge in [-0.25, -0.2) is 0 Å². The summed E-state index contributed by atoms with van der Waals surface area (Å²) in [5.41, 5.74) is 6.35. The molecule has 0 spiro atoms. The first-order valence-corrected chi connectivity index (χ1v) is 9.77. The maximum Gasteiger partial charge on any atom is 0.233 e. The van der Waals surface area contributed by atoms with Crippen LogP contribution in [-0.4, -0.2) is 50.3 Å². The Morgan fingerprint density at radius 1 is 1.19 bits per heavy atom. The van der Waals surface area contributed by atoms with Crippen LogP contribution < -0.4 is 5.73 Å². The predicted octanol–water partition coefficient (Wildman–Crippen LogP) is 1.78. The first-order valence-electron chi connectivity index (χ1n) is 8.78. The van der Waals surface area contributed by atoms with Crippen molar-refractivity contribution in [3.8, 4) is 11.4 Å². The number of aromatic nitrogens is 3.